The molecule has 17 heavy (non-hydrogen) atoms. The van der Waals surface area contributed by atoms with Crippen LogP contribution in [0, 0.1) is 0 Å². The molecule has 2 heterocycles. The summed E-state index contributed by atoms with van der Waals surface area (Å²) >= 11 is 0. The van der Waals surface area contributed by atoms with Crippen LogP contribution < -0.4 is 11.1 Å². The first-order chi connectivity index (χ1) is 8.13. The van der Waals surface area contributed by atoms with E-state index in [9.17, 15) is 9.59 Å². The Bertz CT molecular complexity index is 321. The molecule has 2 fully saturated rings. The second kappa shape index (κ2) is 4.91. The molecular weight excluding hydrogens is 220 g/mol. The molecule has 2 aliphatic rings. The van der Waals surface area contributed by atoms with Crippen molar-refractivity contribution in [3.05, 3.63) is 0 Å². The summed E-state index contributed by atoms with van der Waals surface area (Å²) < 4.78 is 0. The lowest BCUT2D eigenvalue weighted by atomic mass is 10.1. The predicted octanol–water partition coefficient (Wildman–Crippen LogP) is -0.650. The van der Waals surface area contributed by atoms with E-state index in [4.69, 9.17) is 5.73 Å². The zero-order valence-corrected chi connectivity index (χ0v) is 10.2. The highest BCUT2D eigenvalue weighted by Gasteiger charge is 2.37. The Morgan fingerprint density at radius 1 is 1.59 bits per heavy atom. The van der Waals surface area contributed by atoms with Crippen molar-refractivity contribution in [1.82, 2.24) is 15.1 Å². The lowest BCUT2D eigenvalue weighted by Crippen LogP contribution is -2.56. The van der Waals surface area contributed by atoms with Gasteiger partial charge in [-0.05, 0) is 6.42 Å². The van der Waals surface area contributed by atoms with Crippen molar-refractivity contribution in [2.45, 2.75) is 31.8 Å². The summed E-state index contributed by atoms with van der Waals surface area (Å²) in [5, 5.41) is 2.79. The topological polar surface area (TPSA) is 78.7 Å². The Morgan fingerprint density at radius 3 is 3.06 bits per heavy atom. The number of amides is 3. The standard InChI is InChI=1S/C11H20N4O2/c1-2-3-9(12)10(16)14-4-5-15-8(7-14)6-13-11(15)17/h8-9H,2-7,12H2,1H3,(H,13,17). The van der Waals surface area contributed by atoms with Crippen LogP contribution in [-0.4, -0.2) is 60.0 Å². The van der Waals surface area contributed by atoms with E-state index in [0.29, 0.717) is 26.2 Å². The van der Waals surface area contributed by atoms with Gasteiger partial charge in [0.05, 0.1) is 12.1 Å². The number of carbonyl (C=O) groups excluding carboxylic acids is 2. The zero-order chi connectivity index (χ0) is 12.4. The molecular formula is C11H20N4O2. The fourth-order valence-electron chi connectivity index (χ4n) is 2.47. The first kappa shape index (κ1) is 12.2. The minimum Gasteiger partial charge on any atom is -0.337 e. The normalized spacial score (nSPS) is 25.5. The van der Waals surface area contributed by atoms with E-state index in [-0.39, 0.29) is 18.0 Å². The molecule has 3 N–H and O–H groups in total. The summed E-state index contributed by atoms with van der Waals surface area (Å²) in [4.78, 5) is 27.0. The number of urea groups is 1. The Labute approximate surface area is 101 Å². The molecule has 0 spiro atoms. The van der Waals surface area contributed by atoms with Gasteiger partial charge in [-0.1, -0.05) is 13.3 Å². The van der Waals surface area contributed by atoms with Crippen LogP contribution in [0.15, 0.2) is 0 Å². The van der Waals surface area contributed by atoms with E-state index in [1.165, 1.54) is 0 Å². The van der Waals surface area contributed by atoms with Crippen LogP contribution in [0.4, 0.5) is 4.79 Å². The lowest BCUT2D eigenvalue weighted by molar-refractivity contribution is -0.134. The lowest BCUT2D eigenvalue weighted by Gasteiger charge is -2.37. The van der Waals surface area contributed by atoms with Gasteiger partial charge in [0.2, 0.25) is 5.91 Å². The fraction of sp³-hybridized carbons (Fsp3) is 0.818. The average Bonchev–Trinajstić information content (AvgIpc) is 2.70. The molecule has 6 heteroatoms. The summed E-state index contributed by atoms with van der Waals surface area (Å²) in [6, 6.07) is -0.286. The van der Waals surface area contributed by atoms with Crippen molar-refractivity contribution in [1.29, 1.82) is 0 Å². The van der Waals surface area contributed by atoms with E-state index in [2.05, 4.69) is 5.32 Å². The van der Waals surface area contributed by atoms with Crippen molar-refractivity contribution in [3.63, 3.8) is 0 Å². The highest BCUT2D eigenvalue weighted by atomic mass is 16.2. The maximum absolute atomic E-state index is 12.0. The third-order valence-electron chi connectivity index (χ3n) is 3.46. The molecule has 6 nitrogen and oxygen atoms in total. The van der Waals surface area contributed by atoms with E-state index in [1.54, 1.807) is 9.80 Å². The summed E-state index contributed by atoms with van der Waals surface area (Å²) in [5.41, 5.74) is 5.84. The molecule has 96 valence electrons. The van der Waals surface area contributed by atoms with Crippen molar-refractivity contribution in [2.75, 3.05) is 26.2 Å². The molecule has 0 aromatic heterocycles. The van der Waals surface area contributed by atoms with E-state index >= 15 is 0 Å². The number of fused-ring (bicyclic) bond motifs is 1. The average molecular weight is 240 g/mol. The third-order valence-corrected chi connectivity index (χ3v) is 3.46. The largest absolute Gasteiger partial charge is 0.337 e. The molecule has 0 bridgehead atoms. The monoisotopic (exact) mass is 240 g/mol. The number of nitrogens with zero attached hydrogens (tertiary/aromatic N) is 2. The van der Waals surface area contributed by atoms with Crippen molar-refractivity contribution < 1.29 is 9.59 Å². The van der Waals surface area contributed by atoms with Crippen molar-refractivity contribution in [3.8, 4) is 0 Å². The number of hydrogen-bond donors (Lipinski definition) is 2. The van der Waals surface area contributed by atoms with Crippen molar-refractivity contribution >= 4 is 11.9 Å². The molecule has 0 aromatic carbocycles. The summed E-state index contributed by atoms with van der Waals surface area (Å²) in [6.45, 7) is 4.46. The van der Waals surface area contributed by atoms with Gasteiger partial charge in [0.25, 0.3) is 0 Å². The van der Waals surface area contributed by atoms with Gasteiger partial charge in [-0.2, -0.15) is 0 Å². The number of rotatable bonds is 3. The van der Waals surface area contributed by atoms with Gasteiger partial charge in [-0.15, -0.1) is 0 Å². The summed E-state index contributed by atoms with van der Waals surface area (Å²) in [6.07, 6.45) is 1.64. The third kappa shape index (κ3) is 2.36. The smallest absolute Gasteiger partial charge is 0.317 e. The summed E-state index contributed by atoms with van der Waals surface area (Å²) in [5.74, 6) is 0.0193. The van der Waals surface area contributed by atoms with Gasteiger partial charge in [0.1, 0.15) is 0 Å². The van der Waals surface area contributed by atoms with Gasteiger partial charge >= 0.3 is 6.03 Å². The Morgan fingerprint density at radius 2 is 2.35 bits per heavy atom. The van der Waals surface area contributed by atoms with Crippen LogP contribution in [0.3, 0.4) is 0 Å². The highest BCUT2D eigenvalue weighted by Crippen LogP contribution is 2.15. The quantitative estimate of drug-likeness (QED) is 0.688. The predicted molar refractivity (Wildman–Crippen MR) is 63.4 cm³/mol. The van der Waals surface area contributed by atoms with E-state index < -0.39 is 6.04 Å². The Hall–Kier alpha value is -1.30. The molecule has 2 aliphatic heterocycles. The Kier molecular flexibility index (Phi) is 3.51. The number of nitrogens with one attached hydrogen (secondary N) is 1. The maximum atomic E-state index is 12.0. The number of hydrogen-bond acceptors (Lipinski definition) is 3. The molecule has 0 aromatic rings. The number of carbonyl (C=O) groups is 2. The molecule has 2 rings (SSSR count). The van der Waals surface area contributed by atoms with Crippen LogP contribution >= 0.6 is 0 Å². The number of piperazine rings is 1. The van der Waals surface area contributed by atoms with Gasteiger partial charge < -0.3 is 20.9 Å². The zero-order valence-electron chi connectivity index (χ0n) is 10.2. The van der Waals surface area contributed by atoms with E-state index in [0.717, 1.165) is 12.8 Å². The maximum Gasteiger partial charge on any atom is 0.317 e. The molecule has 2 unspecified atom stereocenters. The van der Waals surface area contributed by atoms with Gasteiger partial charge in [-0.25, -0.2) is 4.79 Å². The van der Waals surface area contributed by atoms with Crippen LogP contribution in [0.5, 0.6) is 0 Å². The fourth-order valence-corrected chi connectivity index (χ4v) is 2.47. The van der Waals surface area contributed by atoms with Crippen LogP contribution in [-0.2, 0) is 4.79 Å². The molecule has 3 amide bonds. The van der Waals surface area contributed by atoms with E-state index in [1.807, 2.05) is 6.92 Å². The van der Waals surface area contributed by atoms with Gasteiger partial charge in [0, 0.05) is 26.2 Å². The van der Waals surface area contributed by atoms with Crippen LogP contribution in [0.2, 0.25) is 0 Å². The molecule has 0 saturated carbocycles. The Balaban J connectivity index is 1.92. The van der Waals surface area contributed by atoms with Crippen molar-refractivity contribution in [2.24, 2.45) is 5.73 Å². The first-order valence-electron chi connectivity index (χ1n) is 6.22. The molecule has 0 radical (unpaired) electrons. The first-order valence-corrected chi connectivity index (χ1v) is 6.22. The second-order valence-electron chi connectivity index (χ2n) is 4.71. The highest BCUT2D eigenvalue weighted by molar-refractivity contribution is 5.82. The van der Waals surface area contributed by atoms with Gasteiger partial charge in [0.15, 0.2) is 0 Å². The van der Waals surface area contributed by atoms with Gasteiger partial charge in [-0.3, -0.25) is 4.79 Å². The molecule has 0 aliphatic carbocycles. The minimum atomic E-state index is -0.392. The molecule has 2 saturated heterocycles. The number of nitrogens with two attached hydrogens (primary N) is 1. The minimum absolute atomic E-state index is 0.0139. The van der Waals surface area contributed by atoms with Crippen LogP contribution in [0.1, 0.15) is 19.8 Å². The SMILES string of the molecule is CCCC(N)C(=O)N1CCN2C(=O)NCC2C1. The second-order valence-corrected chi connectivity index (χ2v) is 4.71. The molecule has 2 atom stereocenters. The summed E-state index contributed by atoms with van der Waals surface area (Å²) in [7, 11) is 0. The van der Waals surface area contributed by atoms with Crippen LogP contribution in [0.25, 0.3) is 0 Å².